The number of piperidine rings is 1. The number of rotatable bonds is 4. The number of hydrogen-bond acceptors (Lipinski definition) is 4. The maximum absolute atomic E-state index is 12.8. The van der Waals surface area contributed by atoms with Crippen LogP contribution in [0, 0.1) is 5.92 Å². The quantitative estimate of drug-likeness (QED) is 0.873. The minimum atomic E-state index is -3.55. The molecule has 2 heterocycles. The highest BCUT2D eigenvalue weighted by Gasteiger charge is 2.30. The van der Waals surface area contributed by atoms with Gasteiger partial charge in [-0.25, -0.2) is 13.2 Å². The van der Waals surface area contributed by atoms with Gasteiger partial charge in [0, 0.05) is 20.2 Å². The Morgan fingerprint density at radius 3 is 2.86 bits per heavy atom. The summed E-state index contributed by atoms with van der Waals surface area (Å²) in [5.74, 6) is 0.226. The van der Waals surface area contributed by atoms with Crippen molar-refractivity contribution in [2.24, 2.45) is 5.92 Å². The molecule has 1 aliphatic rings. The molecule has 0 aliphatic carbocycles. The predicted molar refractivity (Wildman–Crippen MR) is 82.3 cm³/mol. The first kappa shape index (κ1) is 15.3. The van der Waals surface area contributed by atoms with Crippen LogP contribution in [-0.4, -0.2) is 49.5 Å². The molecule has 1 fully saturated rings. The molecule has 1 aromatic carbocycles. The number of aromatic amines is 2. The van der Waals surface area contributed by atoms with Gasteiger partial charge in [-0.2, -0.15) is 4.31 Å². The van der Waals surface area contributed by atoms with Crippen LogP contribution in [0.1, 0.15) is 12.8 Å². The molecule has 1 unspecified atom stereocenters. The number of imidazole rings is 1. The second-order valence-corrected chi connectivity index (χ2v) is 7.55. The number of aromatic nitrogens is 2. The van der Waals surface area contributed by atoms with E-state index in [4.69, 9.17) is 4.74 Å². The first-order valence-corrected chi connectivity index (χ1v) is 8.66. The van der Waals surface area contributed by atoms with E-state index in [0.717, 1.165) is 12.8 Å². The van der Waals surface area contributed by atoms with Crippen LogP contribution in [0.15, 0.2) is 27.9 Å². The van der Waals surface area contributed by atoms with E-state index in [1.807, 2.05) is 0 Å². The smallest absolute Gasteiger partial charge is 0.323 e. The van der Waals surface area contributed by atoms with Crippen molar-refractivity contribution < 1.29 is 13.2 Å². The Kier molecular flexibility index (Phi) is 4.07. The molecule has 2 N–H and O–H groups in total. The fourth-order valence-corrected chi connectivity index (χ4v) is 4.52. The third kappa shape index (κ3) is 2.81. The van der Waals surface area contributed by atoms with Gasteiger partial charge in [0.2, 0.25) is 10.0 Å². The zero-order valence-corrected chi connectivity index (χ0v) is 13.1. The molecule has 0 bridgehead atoms. The first-order chi connectivity index (χ1) is 10.5. The second-order valence-electron chi connectivity index (χ2n) is 5.61. The summed E-state index contributed by atoms with van der Waals surface area (Å²) in [6.45, 7) is 1.55. The molecule has 1 aliphatic heterocycles. The fraction of sp³-hybridized carbons (Fsp3) is 0.500. The SMILES string of the molecule is COCC1CCCN(S(=O)(=O)c2ccc3[nH]c(=O)[nH]c3c2)C1. The number of H-pyrrole nitrogens is 2. The van der Waals surface area contributed by atoms with Gasteiger partial charge < -0.3 is 14.7 Å². The van der Waals surface area contributed by atoms with E-state index in [-0.39, 0.29) is 16.5 Å². The van der Waals surface area contributed by atoms with Gasteiger partial charge in [0.1, 0.15) is 0 Å². The molecule has 1 aromatic heterocycles. The Morgan fingerprint density at radius 1 is 1.32 bits per heavy atom. The third-order valence-corrected chi connectivity index (χ3v) is 5.87. The summed E-state index contributed by atoms with van der Waals surface area (Å²) in [6.07, 6.45) is 1.81. The van der Waals surface area contributed by atoms with E-state index in [0.29, 0.717) is 30.7 Å². The summed E-state index contributed by atoms with van der Waals surface area (Å²) >= 11 is 0. The lowest BCUT2D eigenvalue weighted by Gasteiger charge is -2.31. The lowest BCUT2D eigenvalue weighted by Crippen LogP contribution is -2.41. The average molecular weight is 325 g/mol. The Balaban J connectivity index is 1.91. The van der Waals surface area contributed by atoms with Gasteiger partial charge in [-0.05, 0) is 37.0 Å². The molecule has 2 aromatic rings. The standard InChI is InChI=1S/C14H19N3O4S/c1-21-9-10-3-2-6-17(8-10)22(19,20)11-4-5-12-13(7-11)16-14(18)15-12/h4-5,7,10H,2-3,6,8-9H2,1H3,(H2,15,16,18). The second kappa shape index (κ2) is 5.86. The van der Waals surface area contributed by atoms with Gasteiger partial charge in [0.15, 0.2) is 0 Å². The highest BCUT2D eigenvalue weighted by molar-refractivity contribution is 7.89. The van der Waals surface area contributed by atoms with Gasteiger partial charge in [-0.3, -0.25) is 0 Å². The van der Waals surface area contributed by atoms with Crippen LogP contribution in [0.25, 0.3) is 11.0 Å². The lowest BCUT2D eigenvalue weighted by molar-refractivity contribution is 0.118. The molecule has 120 valence electrons. The van der Waals surface area contributed by atoms with Gasteiger partial charge in [0.25, 0.3) is 0 Å². The van der Waals surface area contributed by atoms with E-state index >= 15 is 0 Å². The van der Waals surface area contributed by atoms with E-state index in [1.165, 1.54) is 16.4 Å². The average Bonchev–Trinajstić information content (AvgIpc) is 2.87. The molecule has 0 spiro atoms. The number of ether oxygens (including phenoxy) is 1. The van der Waals surface area contributed by atoms with Crippen molar-refractivity contribution in [1.82, 2.24) is 14.3 Å². The van der Waals surface area contributed by atoms with Crippen molar-refractivity contribution in [2.75, 3.05) is 26.8 Å². The summed E-state index contributed by atoms with van der Waals surface area (Å²) in [5.41, 5.74) is 0.749. The molecule has 3 rings (SSSR count). The zero-order valence-electron chi connectivity index (χ0n) is 12.3. The molecule has 1 atom stereocenters. The Hall–Kier alpha value is -1.64. The Morgan fingerprint density at radius 2 is 2.09 bits per heavy atom. The van der Waals surface area contributed by atoms with E-state index in [2.05, 4.69) is 9.97 Å². The van der Waals surface area contributed by atoms with Gasteiger partial charge in [0.05, 0.1) is 22.5 Å². The molecule has 7 nitrogen and oxygen atoms in total. The van der Waals surface area contributed by atoms with Gasteiger partial charge in [-0.1, -0.05) is 0 Å². The van der Waals surface area contributed by atoms with Crippen LogP contribution in [0.2, 0.25) is 0 Å². The van der Waals surface area contributed by atoms with Crippen molar-refractivity contribution in [1.29, 1.82) is 0 Å². The highest BCUT2D eigenvalue weighted by atomic mass is 32.2. The molecular formula is C14H19N3O4S. The predicted octanol–water partition coefficient (Wildman–Crippen LogP) is 0.903. The van der Waals surface area contributed by atoms with Crippen LogP contribution in [0.5, 0.6) is 0 Å². The van der Waals surface area contributed by atoms with Crippen LogP contribution in [0.3, 0.4) is 0 Å². The van der Waals surface area contributed by atoms with Crippen molar-refractivity contribution in [2.45, 2.75) is 17.7 Å². The van der Waals surface area contributed by atoms with Crippen molar-refractivity contribution in [3.05, 3.63) is 28.7 Å². The number of nitrogens with one attached hydrogen (secondary N) is 2. The largest absolute Gasteiger partial charge is 0.384 e. The van der Waals surface area contributed by atoms with Crippen molar-refractivity contribution in [3.63, 3.8) is 0 Å². The first-order valence-electron chi connectivity index (χ1n) is 7.22. The number of benzene rings is 1. The van der Waals surface area contributed by atoms with E-state index in [1.54, 1.807) is 13.2 Å². The van der Waals surface area contributed by atoms with Gasteiger partial charge in [-0.15, -0.1) is 0 Å². The fourth-order valence-electron chi connectivity index (χ4n) is 2.94. The molecule has 0 amide bonds. The van der Waals surface area contributed by atoms with Crippen molar-refractivity contribution in [3.8, 4) is 0 Å². The topological polar surface area (TPSA) is 95.3 Å². The minimum Gasteiger partial charge on any atom is -0.384 e. The summed E-state index contributed by atoms with van der Waals surface area (Å²) in [7, 11) is -1.93. The van der Waals surface area contributed by atoms with E-state index < -0.39 is 10.0 Å². The minimum absolute atomic E-state index is 0.202. The molecule has 8 heteroatoms. The summed E-state index contributed by atoms with van der Waals surface area (Å²) in [5, 5.41) is 0. The molecule has 22 heavy (non-hydrogen) atoms. The van der Waals surface area contributed by atoms with Gasteiger partial charge >= 0.3 is 5.69 Å². The van der Waals surface area contributed by atoms with Crippen LogP contribution in [0.4, 0.5) is 0 Å². The molecule has 1 saturated heterocycles. The number of methoxy groups -OCH3 is 1. The maximum Gasteiger partial charge on any atom is 0.323 e. The summed E-state index contributed by atoms with van der Waals surface area (Å²) < 4.78 is 32.2. The molecular weight excluding hydrogens is 306 g/mol. The van der Waals surface area contributed by atoms with Crippen LogP contribution < -0.4 is 5.69 Å². The molecule has 0 radical (unpaired) electrons. The number of fused-ring (bicyclic) bond motifs is 1. The lowest BCUT2D eigenvalue weighted by atomic mass is 10.0. The van der Waals surface area contributed by atoms with Crippen LogP contribution in [-0.2, 0) is 14.8 Å². The normalized spacial score (nSPS) is 20.5. The number of sulfonamides is 1. The summed E-state index contributed by atoms with van der Waals surface area (Å²) in [4.78, 5) is 16.7. The summed E-state index contributed by atoms with van der Waals surface area (Å²) in [6, 6.07) is 4.64. The van der Waals surface area contributed by atoms with E-state index in [9.17, 15) is 13.2 Å². The Bertz CT molecular complexity index is 822. The third-order valence-electron chi connectivity index (χ3n) is 4.01. The molecule has 0 saturated carbocycles. The Labute approximate surface area is 128 Å². The maximum atomic E-state index is 12.8. The zero-order chi connectivity index (χ0) is 15.7. The van der Waals surface area contributed by atoms with Crippen LogP contribution >= 0.6 is 0 Å². The monoisotopic (exact) mass is 325 g/mol. The van der Waals surface area contributed by atoms with Crippen molar-refractivity contribution >= 4 is 21.1 Å². The number of hydrogen-bond donors (Lipinski definition) is 2. The highest BCUT2D eigenvalue weighted by Crippen LogP contribution is 2.25. The number of nitrogens with zero attached hydrogens (tertiary/aromatic N) is 1.